The second-order valence-corrected chi connectivity index (χ2v) is 6.97. The first-order valence-electron chi connectivity index (χ1n) is 8.67. The van der Waals surface area contributed by atoms with E-state index in [9.17, 15) is 27.5 Å². The molecule has 2 aromatic rings. The highest BCUT2D eigenvalue weighted by molar-refractivity contribution is 5.94. The van der Waals surface area contributed by atoms with E-state index in [0.717, 1.165) is 12.1 Å². The molecule has 2 saturated heterocycles. The Morgan fingerprint density at radius 3 is 2.75 bits per heavy atom. The van der Waals surface area contributed by atoms with Crippen molar-refractivity contribution in [1.82, 2.24) is 4.98 Å². The lowest BCUT2D eigenvalue weighted by Crippen LogP contribution is -2.41. The average Bonchev–Trinajstić information content (AvgIpc) is 3.18. The second-order valence-electron chi connectivity index (χ2n) is 6.97. The molecular formula is C19H16F4N2O3. The SMILES string of the molecule is O=C(Nc1cccc(C(F)(F)F)c1)C1C2CC(O)C(O2)C1c1ccnc(F)c1. The molecule has 2 aliphatic rings. The number of carbonyl (C=O) groups is 1. The van der Waals surface area contributed by atoms with Crippen LogP contribution in [-0.2, 0) is 15.7 Å². The molecule has 4 rings (SSSR count). The number of rotatable bonds is 3. The van der Waals surface area contributed by atoms with Crippen LogP contribution in [0.5, 0.6) is 0 Å². The van der Waals surface area contributed by atoms with Crippen LogP contribution in [-0.4, -0.2) is 34.3 Å². The molecule has 5 unspecified atom stereocenters. The lowest BCUT2D eigenvalue weighted by Gasteiger charge is -2.30. The van der Waals surface area contributed by atoms with E-state index in [1.807, 2.05) is 0 Å². The molecule has 2 aliphatic heterocycles. The molecule has 1 aromatic heterocycles. The number of benzene rings is 1. The lowest BCUT2D eigenvalue weighted by molar-refractivity contribution is -0.137. The van der Waals surface area contributed by atoms with Gasteiger partial charge in [0.25, 0.3) is 0 Å². The third-order valence-electron chi connectivity index (χ3n) is 5.22. The molecule has 3 heterocycles. The summed E-state index contributed by atoms with van der Waals surface area (Å²) < 4.78 is 57.9. The van der Waals surface area contributed by atoms with E-state index in [4.69, 9.17) is 4.74 Å². The summed E-state index contributed by atoms with van der Waals surface area (Å²) >= 11 is 0. The van der Waals surface area contributed by atoms with E-state index >= 15 is 0 Å². The van der Waals surface area contributed by atoms with Gasteiger partial charge in [-0.05, 0) is 35.9 Å². The van der Waals surface area contributed by atoms with Crippen molar-refractivity contribution < 1.29 is 32.2 Å². The van der Waals surface area contributed by atoms with E-state index in [0.29, 0.717) is 5.56 Å². The van der Waals surface area contributed by atoms with E-state index < -0.39 is 53.7 Å². The molecule has 148 valence electrons. The predicted octanol–water partition coefficient (Wildman–Crippen LogP) is 3.11. The highest BCUT2D eigenvalue weighted by Crippen LogP contribution is 2.49. The minimum Gasteiger partial charge on any atom is -0.390 e. The number of carbonyl (C=O) groups excluding carboxylic acids is 1. The highest BCUT2D eigenvalue weighted by Gasteiger charge is 2.57. The van der Waals surface area contributed by atoms with Crippen LogP contribution >= 0.6 is 0 Å². The normalized spacial score (nSPS) is 29.1. The second kappa shape index (κ2) is 6.82. The first-order chi connectivity index (χ1) is 13.2. The number of ether oxygens (including phenoxy) is 1. The third-order valence-corrected chi connectivity index (χ3v) is 5.22. The van der Waals surface area contributed by atoms with Crippen molar-refractivity contribution in [2.45, 2.75) is 36.8 Å². The Bertz CT molecular complexity index is 905. The summed E-state index contributed by atoms with van der Waals surface area (Å²) in [7, 11) is 0. The number of halogens is 4. The topological polar surface area (TPSA) is 71.5 Å². The molecule has 5 nitrogen and oxygen atoms in total. The maximum Gasteiger partial charge on any atom is 0.416 e. The van der Waals surface area contributed by atoms with Gasteiger partial charge < -0.3 is 15.2 Å². The van der Waals surface area contributed by atoms with Gasteiger partial charge in [-0.15, -0.1) is 0 Å². The van der Waals surface area contributed by atoms with Crippen LogP contribution in [0.1, 0.15) is 23.5 Å². The maximum atomic E-state index is 13.6. The van der Waals surface area contributed by atoms with Gasteiger partial charge in [-0.1, -0.05) is 6.07 Å². The molecule has 2 bridgehead atoms. The zero-order valence-electron chi connectivity index (χ0n) is 14.4. The molecular weight excluding hydrogens is 380 g/mol. The average molecular weight is 396 g/mol. The molecule has 2 fully saturated rings. The fourth-order valence-electron chi connectivity index (χ4n) is 4.06. The van der Waals surface area contributed by atoms with Crippen molar-refractivity contribution in [3.63, 3.8) is 0 Å². The Kier molecular flexibility index (Phi) is 4.59. The number of anilines is 1. The van der Waals surface area contributed by atoms with Gasteiger partial charge in [0.1, 0.15) is 0 Å². The van der Waals surface area contributed by atoms with Gasteiger partial charge >= 0.3 is 6.18 Å². The summed E-state index contributed by atoms with van der Waals surface area (Å²) in [6.07, 6.45) is -5.14. The number of fused-ring (bicyclic) bond motifs is 2. The quantitative estimate of drug-likeness (QED) is 0.618. The zero-order chi connectivity index (χ0) is 20.1. The third kappa shape index (κ3) is 3.35. The summed E-state index contributed by atoms with van der Waals surface area (Å²) in [5, 5.41) is 12.6. The fourth-order valence-corrected chi connectivity index (χ4v) is 4.06. The number of aliphatic hydroxyl groups is 1. The Morgan fingerprint density at radius 1 is 1.25 bits per heavy atom. The Hall–Kier alpha value is -2.52. The van der Waals surface area contributed by atoms with Gasteiger partial charge in [-0.25, -0.2) is 4.98 Å². The number of amides is 1. The number of aromatic nitrogens is 1. The van der Waals surface area contributed by atoms with Gasteiger partial charge in [-0.3, -0.25) is 4.79 Å². The van der Waals surface area contributed by atoms with Crippen molar-refractivity contribution in [3.8, 4) is 0 Å². The van der Waals surface area contributed by atoms with Crippen molar-refractivity contribution in [3.05, 3.63) is 59.7 Å². The monoisotopic (exact) mass is 396 g/mol. The molecule has 0 radical (unpaired) electrons. The van der Waals surface area contributed by atoms with Crippen LogP contribution in [0.25, 0.3) is 0 Å². The number of hydrogen-bond acceptors (Lipinski definition) is 4. The zero-order valence-corrected chi connectivity index (χ0v) is 14.4. The van der Waals surface area contributed by atoms with Crippen LogP contribution in [0.4, 0.5) is 23.2 Å². The van der Waals surface area contributed by atoms with Crippen LogP contribution in [0.2, 0.25) is 0 Å². The van der Waals surface area contributed by atoms with Crippen molar-refractivity contribution in [2.24, 2.45) is 5.92 Å². The minimum atomic E-state index is -4.53. The fraction of sp³-hybridized carbons (Fsp3) is 0.368. The summed E-state index contributed by atoms with van der Waals surface area (Å²) in [4.78, 5) is 16.4. The van der Waals surface area contributed by atoms with E-state index in [1.54, 1.807) is 0 Å². The molecule has 0 aliphatic carbocycles. The number of aliphatic hydroxyl groups excluding tert-OH is 1. The van der Waals surface area contributed by atoms with Crippen LogP contribution in [0.3, 0.4) is 0 Å². The van der Waals surface area contributed by atoms with E-state index in [-0.39, 0.29) is 12.1 Å². The van der Waals surface area contributed by atoms with Crippen LogP contribution in [0.15, 0.2) is 42.6 Å². The first-order valence-corrected chi connectivity index (χ1v) is 8.67. The summed E-state index contributed by atoms with van der Waals surface area (Å²) in [5.74, 6) is -2.67. The van der Waals surface area contributed by atoms with Gasteiger partial charge in [0.05, 0.1) is 29.8 Å². The summed E-state index contributed by atoms with van der Waals surface area (Å²) in [6, 6.07) is 7.03. The van der Waals surface area contributed by atoms with Gasteiger partial charge in [0.15, 0.2) is 0 Å². The minimum absolute atomic E-state index is 0.00260. The lowest BCUT2D eigenvalue weighted by atomic mass is 9.74. The standard InChI is InChI=1S/C19H16F4N2O3/c20-14-6-9(4-5-24-14)15-16(13-8-12(26)17(15)28-13)18(27)25-11-3-1-2-10(7-11)19(21,22)23/h1-7,12-13,15-17,26H,8H2,(H,25,27). The molecule has 9 heteroatoms. The van der Waals surface area contributed by atoms with E-state index in [2.05, 4.69) is 10.3 Å². The highest BCUT2D eigenvalue weighted by atomic mass is 19.4. The van der Waals surface area contributed by atoms with E-state index in [1.165, 1.54) is 30.5 Å². The number of pyridine rings is 1. The molecule has 0 spiro atoms. The number of alkyl halides is 3. The smallest absolute Gasteiger partial charge is 0.390 e. The number of nitrogens with one attached hydrogen (secondary N) is 1. The Labute approximate surface area is 157 Å². The summed E-state index contributed by atoms with van der Waals surface area (Å²) in [5.41, 5.74) is -0.427. The molecule has 1 aromatic carbocycles. The van der Waals surface area contributed by atoms with Gasteiger partial charge in [0.2, 0.25) is 11.9 Å². The molecule has 0 saturated carbocycles. The van der Waals surface area contributed by atoms with Crippen LogP contribution in [0, 0.1) is 11.9 Å². The van der Waals surface area contributed by atoms with Gasteiger partial charge in [0, 0.05) is 24.2 Å². The largest absolute Gasteiger partial charge is 0.416 e. The maximum absolute atomic E-state index is 13.6. The molecule has 5 atom stereocenters. The first kappa shape index (κ1) is 18.8. The Morgan fingerprint density at radius 2 is 2.04 bits per heavy atom. The van der Waals surface area contributed by atoms with Crippen molar-refractivity contribution in [2.75, 3.05) is 5.32 Å². The predicted molar refractivity (Wildman–Crippen MR) is 89.8 cm³/mol. The number of hydrogen-bond donors (Lipinski definition) is 2. The van der Waals surface area contributed by atoms with Gasteiger partial charge in [-0.2, -0.15) is 17.6 Å². The molecule has 1 amide bonds. The summed E-state index contributed by atoms with van der Waals surface area (Å²) in [6.45, 7) is 0. The Balaban J connectivity index is 1.61. The van der Waals surface area contributed by atoms with Crippen LogP contribution < -0.4 is 5.32 Å². The number of nitrogens with zero attached hydrogens (tertiary/aromatic N) is 1. The molecule has 2 N–H and O–H groups in total. The molecule has 28 heavy (non-hydrogen) atoms. The van der Waals surface area contributed by atoms with Crippen molar-refractivity contribution in [1.29, 1.82) is 0 Å². The van der Waals surface area contributed by atoms with Crippen molar-refractivity contribution >= 4 is 11.6 Å².